The second-order valence-corrected chi connectivity index (χ2v) is 4.53. The van der Waals surface area contributed by atoms with Gasteiger partial charge in [-0.15, -0.1) is 0 Å². The summed E-state index contributed by atoms with van der Waals surface area (Å²) in [4.78, 5) is 2.37. The highest BCUT2D eigenvalue weighted by Crippen LogP contribution is 2.28. The van der Waals surface area contributed by atoms with Gasteiger partial charge in [-0.05, 0) is 43.2 Å². The molecule has 2 aromatic rings. The van der Waals surface area contributed by atoms with E-state index in [9.17, 15) is 0 Å². The van der Waals surface area contributed by atoms with E-state index in [2.05, 4.69) is 21.6 Å². The van der Waals surface area contributed by atoms with Crippen LogP contribution in [0.3, 0.4) is 0 Å². The Labute approximate surface area is 101 Å². The van der Waals surface area contributed by atoms with Crippen LogP contribution in [-0.2, 0) is 0 Å². The number of aromatic nitrogens is 1. The van der Waals surface area contributed by atoms with E-state index in [1.807, 2.05) is 30.6 Å². The maximum absolute atomic E-state index is 6.15. The molecule has 0 atom stereocenters. The summed E-state index contributed by atoms with van der Waals surface area (Å²) < 4.78 is 2.07. The molecule has 1 aliphatic rings. The van der Waals surface area contributed by atoms with E-state index in [-0.39, 0.29) is 0 Å². The highest BCUT2D eigenvalue weighted by molar-refractivity contribution is 5.70. The summed E-state index contributed by atoms with van der Waals surface area (Å²) in [6.45, 7) is 2.26. The van der Waals surface area contributed by atoms with Gasteiger partial charge in [-0.2, -0.15) is 0 Å². The first kappa shape index (κ1) is 10.3. The molecule has 1 aromatic heterocycles. The molecular weight excluding hydrogens is 210 g/mol. The van der Waals surface area contributed by atoms with Gasteiger partial charge in [0.05, 0.1) is 11.4 Å². The van der Waals surface area contributed by atoms with Crippen LogP contribution in [0, 0.1) is 0 Å². The van der Waals surface area contributed by atoms with Gasteiger partial charge in [0.25, 0.3) is 0 Å². The van der Waals surface area contributed by atoms with Gasteiger partial charge < -0.3 is 15.2 Å². The first-order valence-electron chi connectivity index (χ1n) is 6.12. The molecule has 2 heterocycles. The minimum Gasteiger partial charge on any atom is -0.397 e. The summed E-state index contributed by atoms with van der Waals surface area (Å²) in [6.07, 6.45) is 6.62. The molecule has 3 nitrogen and oxygen atoms in total. The number of nitrogen functional groups attached to an aromatic ring is 1. The third-order valence-electron chi connectivity index (χ3n) is 3.36. The molecule has 0 bridgehead atoms. The molecule has 1 saturated heterocycles. The monoisotopic (exact) mass is 227 g/mol. The van der Waals surface area contributed by atoms with E-state index < -0.39 is 0 Å². The lowest BCUT2D eigenvalue weighted by Crippen LogP contribution is -2.19. The van der Waals surface area contributed by atoms with Crippen LogP contribution in [0.15, 0.2) is 42.7 Å². The Morgan fingerprint density at radius 1 is 1.00 bits per heavy atom. The Kier molecular flexibility index (Phi) is 2.52. The lowest BCUT2D eigenvalue weighted by molar-refractivity contribution is 0.949. The zero-order chi connectivity index (χ0) is 11.7. The van der Waals surface area contributed by atoms with E-state index in [1.165, 1.54) is 18.5 Å². The van der Waals surface area contributed by atoms with Crippen molar-refractivity contribution < 1.29 is 0 Å². The number of rotatable bonds is 2. The molecule has 3 rings (SSSR count). The second kappa shape index (κ2) is 4.17. The lowest BCUT2D eigenvalue weighted by Gasteiger charge is -2.20. The smallest absolute Gasteiger partial charge is 0.0601 e. The van der Waals surface area contributed by atoms with Gasteiger partial charge >= 0.3 is 0 Å². The fourth-order valence-corrected chi connectivity index (χ4v) is 2.46. The third-order valence-corrected chi connectivity index (χ3v) is 3.36. The van der Waals surface area contributed by atoms with Gasteiger partial charge in [0.15, 0.2) is 0 Å². The molecule has 0 spiro atoms. The lowest BCUT2D eigenvalue weighted by atomic mass is 10.2. The quantitative estimate of drug-likeness (QED) is 0.800. The fourth-order valence-electron chi connectivity index (χ4n) is 2.46. The molecule has 1 aromatic carbocycles. The van der Waals surface area contributed by atoms with E-state index in [1.54, 1.807) is 0 Å². The number of nitrogens with zero attached hydrogens (tertiary/aromatic N) is 2. The molecule has 88 valence electrons. The van der Waals surface area contributed by atoms with Gasteiger partial charge in [-0.25, -0.2) is 0 Å². The van der Waals surface area contributed by atoms with Gasteiger partial charge in [-0.3, -0.25) is 0 Å². The highest BCUT2D eigenvalue weighted by Gasteiger charge is 2.14. The van der Waals surface area contributed by atoms with Gasteiger partial charge in [-0.1, -0.05) is 0 Å². The normalized spacial score (nSPS) is 15.4. The molecule has 2 N–H and O–H groups in total. The standard InChI is InChI=1S/C14H17N3/c15-13-11-12(16-7-1-2-8-16)5-6-14(13)17-9-3-4-10-17/h1-2,5-8,11H,3-4,9-10,15H2. The van der Waals surface area contributed by atoms with Crippen molar-refractivity contribution in [3.05, 3.63) is 42.7 Å². The molecule has 0 unspecified atom stereocenters. The summed E-state index contributed by atoms with van der Waals surface area (Å²) >= 11 is 0. The fraction of sp³-hybridized carbons (Fsp3) is 0.286. The minimum absolute atomic E-state index is 0.873. The molecule has 0 radical (unpaired) electrons. The van der Waals surface area contributed by atoms with Crippen molar-refractivity contribution in [3.8, 4) is 5.69 Å². The average molecular weight is 227 g/mol. The van der Waals surface area contributed by atoms with Crippen LogP contribution in [0.5, 0.6) is 0 Å². The van der Waals surface area contributed by atoms with Gasteiger partial charge in [0.2, 0.25) is 0 Å². The van der Waals surface area contributed by atoms with Gasteiger partial charge in [0, 0.05) is 31.2 Å². The van der Waals surface area contributed by atoms with E-state index in [0.717, 1.165) is 24.5 Å². The molecule has 1 aliphatic heterocycles. The summed E-state index contributed by atoms with van der Waals surface area (Å²) in [5.41, 5.74) is 9.33. The maximum atomic E-state index is 6.15. The SMILES string of the molecule is Nc1cc(-n2cccc2)ccc1N1CCCC1. The summed E-state index contributed by atoms with van der Waals surface area (Å²) in [6, 6.07) is 10.3. The van der Waals surface area contributed by atoms with Gasteiger partial charge in [0.1, 0.15) is 0 Å². The van der Waals surface area contributed by atoms with Crippen molar-refractivity contribution >= 4 is 11.4 Å². The Bertz CT molecular complexity index is 496. The zero-order valence-corrected chi connectivity index (χ0v) is 9.84. The molecule has 0 saturated carbocycles. The van der Waals surface area contributed by atoms with Crippen molar-refractivity contribution in [2.75, 3.05) is 23.7 Å². The highest BCUT2D eigenvalue weighted by atomic mass is 15.2. The topological polar surface area (TPSA) is 34.2 Å². The molecule has 3 heteroatoms. The van der Waals surface area contributed by atoms with Crippen LogP contribution in [-0.4, -0.2) is 17.7 Å². The predicted octanol–water partition coefficient (Wildman–Crippen LogP) is 2.66. The number of benzene rings is 1. The zero-order valence-electron chi connectivity index (χ0n) is 9.84. The van der Waals surface area contributed by atoms with E-state index in [4.69, 9.17) is 5.73 Å². The molecule has 17 heavy (non-hydrogen) atoms. The van der Waals surface area contributed by atoms with Crippen LogP contribution in [0.4, 0.5) is 11.4 Å². The maximum Gasteiger partial charge on any atom is 0.0601 e. The summed E-state index contributed by atoms with van der Waals surface area (Å²) in [5.74, 6) is 0. The van der Waals surface area contributed by atoms with Crippen molar-refractivity contribution in [2.45, 2.75) is 12.8 Å². The van der Waals surface area contributed by atoms with Crippen LogP contribution < -0.4 is 10.6 Å². The third kappa shape index (κ3) is 1.88. The number of hydrogen-bond acceptors (Lipinski definition) is 2. The number of nitrogens with two attached hydrogens (primary N) is 1. The first-order chi connectivity index (χ1) is 8.34. The molecule has 0 aliphatic carbocycles. The van der Waals surface area contributed by atoms with Crippen molar-refractivity contribution in [2.24, 2.45) is 0 Å². The van der Waals surface area contributed by atoms with Crippen molar-refractivity contribution in [1.82, 2.24) is 4.57 Å². The summed E-state index contributed by atoms with van der Waals surface area (Å²) in [5, 5.41) is 0. The predicted molar refractivity (Wildman–Crippen MR) is 71.6 cm³/mol. The van der Waals surface area contributed by atoms with Crippen molar-refractivity contribution in [1.29, 1.82) is 0 Å². The number of hydrogen-bond donors (Lipinski definition) is 1. The Balaban J connectivity index is 1.94. The first-order valence-corrected chi connectivity index (χ1v) is 6.12. The minimum atomic E-state index is 0.873. The van der Waals surface area contributed by atoms with Crippen molar-refractivity contribution in [3.63, 3.8) is 0 Å². The van der Waals surface area contributed by atoms with Crippen LogP contribution in [0.1, 0.15) is 12.8 Å². The second-order valence-electron chi connectivity index (χ2n) is 4.53. The number of anilines is 2. The van der Waals surface area contributed by atoms with Crippen LogP contribution in [0.25, 0.3) is 5.69 Å². The Morgan fingerprint density at radius 3 is 2.35 bits per heavy atom. The van der Waals surface area contributed by atoms with E-state index in [0.29, 0.717) is 0 Å². The summed E-state index contributed by atoms with van der Waals surface area (Å²) in [7, 11) is 0. The largest absolute Gasteiger partial charge is 0.397 e. The van der Waals surface area contributed by atoms with Crippen LogP contribution >= 0.6 is 0 Å². The average Bonchev–Trinajstić information content (AvgIpc) is 3.02. The molecule has 1 fully saturated rings. The Morgan fingerprint density at radius 2 is 1.71 bits per heavy atom. The van der Waals surface area contributed by atoms with E-state index >= 15 is 0 Å². The Hall–Kier alpha value is -1.90. The molecular formula is C14H17N3. The van der Waals surface area contributed by atoms with Crippen LogP contribution in [0.2, 0.25) is 0 Å². The molecule has 0 amide bonds.